The first-order valence-corrected chi connectivity index (χ1v) is 10.7. The summed E-state index contributed by atoms with van der Waals surface area (Å²) in [6, 6.07) is 4.43. The molecule has 13 heteroatoms. The molecular formula is C22H25ClO12. The SMILES string of the molecule is CC(=O)OC[C@H]1O[C@H](c2ccc(COC(=O)O)cc2Cl)[C@H](OC(C)=O)[C@@H](OC(C)=O)[C@H]1OC(C)=O. The molecule has 192 valence electrons. The number of benzene rings is 1. The average Bonchev–Trinajstić information content (AvgIpc) is 2.73. The summed E-state index contributed by atoms with van der Waals surface area (Å²) >= 11 is 6.43. The number of esters is 4. The van der Waals surface area contributed by atoms with E-state index in [-0.39, 0.29) is 23.8 Å². The van der Waals surface area contributed by atoms with Crippen molar-refractivity contribution in [3.05, 3.63) is 34.3 Å². The summed E-state index contributed by atoms with van der Waals surface area (Å²) in [6.45, 7) is 3.88. The highest BCUT2D eigenvalue weighted by Gasteiger charge is 2.52. The molecule has 1 fully saturated rings. The normalized spacial score (nSPS) is 23.5. The molecule has 0 bridgehead atoms. The fourth-order valence-corrected chi connectivity index (χ4v) is 3.83. The summed E-state index contributed by atoms with van der Waals surface area (Å²) in [5.74, 6) is -2.89. The standard InChI is InChI=1S/C22H25ClO12/c1-10(24)30-9-17-19(32-11(2)25)21(34-13(4)27)20(33-12(3)26)18(35-17)15-6-5-14(7-16(15)23)8-31-22(28)29/h5-7,17-21H,8-9H2,1-4H3,(H,28,29)/t17-,18-,19+,20+,21+/m1/s1. The molecule has 0 aromatic heterocycles. The second kappa shape index (κ2) is 12.4. The smallest absolute Gasteiger partial charge is 0.463 e. The number of carboxylic acid groups (broad SMARTS) is 1. The molecule has 35 heavy (non-hydrogen) atoms. The number of ether oxygens (including phenoxy) is 6. The van der Waals surface area contributed by atoms with Gasteiger partial charge in [-0.2, -0.15) is 0 Å². The van der Waals surface area contributed by atoms with Crippen LogP contribution in [0.4, 0.5) is 4.79 Å². The van der Waals surface area contributed by atoms with E-state index >= 15 is 0 Å². The Morgan fingerprint density at radius 2 is 1.43 bits per heavy atom. The van der Waals surface area contributed by atoms with Crippen LogP contribution in [-0.2, 0) is 54.2 Å². The van der Waals surface area contributed by atoms with Gasteiger partial charge in [-0.3, -0.25) is 19.2 Å². The zero-order valence-corrected chi connectivity index (χ0v) is 20.1. The van der Waals surface area contributed by atoms with Gasteiger partial charge >= 0.3 is 30.0 Å². The number of carbonyl (C=O) groups is 5. The molecule has 1 N–H and O–H groups in total. The van der Waals surface area contributed by atoms with Gasteiger partial charge in [-0.05, 0) is 11.6 Å². The van der Waals surface area contributed by atoms with Gasteiger partial charge in [0.1, 0.15) is 25.4 Å². The lowest BCUT2D eigenvalue weighted by molar-refractivity contribution is -0.254. The van der Waals surface area contributed by atoms with Gasteiger partial charge in [0.25, 0.3) is 0 Å². The maximum Gasteiger partial charge on any atom is 0.506 e. The van der Waals surface area contributed by atoms with Crippen LogP contribution in [0.1, 0.15) is 44.9 Å². The third kappa shape index (κ3) is 8.11. The lowest BCUT2D eigenvalue weighted by Crippen LogP contribution is -2.59. The van der Waals surface area contributed by atoms with E-state index in [4.69, 9.17) is 40.4 Å². The van der Waals surface area contributed by atoms with E-state index in [1.165, 1.54) is 25.1 Å². The molecule has 0 saturated carbocycles. The number of rotatable bonds is 8. The number of halogens is 1. The first kappa shape index (κ1) is 27.9. The van der Waals surface area contributed by atoms with Gasteiger partial charge in [0.05, 0.1) is 0 Å². The molecule has 1 aliphatic heterocycles. The zero-order chi connectivity index (χ0) is 26.3. The summed E-state index contributed by atoms with van der Waals surface area (Å²) in [5.41, 5.74) is 0.704. The van der Waals surface area contributed by atoms with Gasteiger partial charge in [0.2, 0.25) is 0 Å². The Bertz CT molecular complexity index is 977. The van der Waals surface area contributed by atoms with Gasteiger partial charge in [-0.1, -0.05) is 23.7 Å². The summed E-state index contributed by atoms with van der Waals surface area (Å²) < 4.78 is 31.8. The maximum absolute atomic E-state index is 11.9. The van der Waals surface area contributed by atoms with Gasteiger partial charge < -0.3 is 33.5 Å². The summed E-state index contributed by atoms with van der Waals surface area (Å²) in [4.78, 5) is 57.7. The van der Waals surface area contributed by atoms with Crippen LogP contribution in [0.5, 0.6) is 0 Å². The molecule has 0 aliphatic carbocycles. The Balaban J connectivity index is 2.54. The second-order valence-corrected chi connectivity index (χ2v) is 7.94. The molecule has 1 heterocycles. The Kier molecular flexibility index (Phi) is 9.84. The summed E-state index contributed by atoms with van der Waals surface area (Å²) in [5, 5.41) is 8.79. The van der Waals surface area contributed by atoms with Crippen molar-refractivity contribution in [3.63, 3.8) is 0 Å². The Morgan fingerprint density at radius 1 is 0.857 bits per heavy atom. The van der Waals surface area contributed by atoms with Gasteiger partial charge in [0, 0.05) is 38.3 Å². The summed E-state index contributed by atoms with van der Waals surface area (Å²) in [7, 11) is 0. The van der Waals surface area contributed by atoms with E-state index < -0.39 is 60.6 Å². The number of hydrogen-bond acceptors (Lipinski definition) is 11. The molecule has 1 aliphatic rings. The van der Waals surface area contributed by atoms with Crippen molar-refractivity contribution in [1.29, 1.82) is 0 Å². The topological polar surface area (TPSA) is 161 Å². The fraction of sp³-hybridized carbons (Fsp3) is 0.500. The third-order valence-corrected chi connectivity index (χ3v) is 5.05. The summed E-state index contributed by atoms with van der Waals surface area (Å²) in [6.07, 6.45) is -7.70. The average molecular weight is 517 g/mol. The van der Waals surface area contributed by atoms with Gasteiger partial charge in [-0.25, -0.2) is 4.79 Å². The van der Waals surface area contributed by atoms with Crippen LogP contribution in [0.15, 0.2) is 18.2 Å². The van der Waals surface area contributed by atoms with Crippen molar-refractivity contribution in [2.75, 3.05) is 6.61 Å². The lowest BCUT2D eigenvalue weighted by atomic mass is 9.90. The highest BCUT2D eigenvalue weighted by Crippen LogP contribution is 2.40. The van der Waals surface area contributed by atoms with Crippen LogP contribution in [-0.4, -0.2) is 66.2 Å². The predicted octanol–water partition coefficient (Wildman–Crippen LogP) is 2.33. The predicted molar refractivity (Wildman–Crippen MR) is 115 cm³/mol. The van der Waals surface area contributed by atoms with Gasteiger partial charge in [-0.15, -0.1) is 0 Å². The van der Waals surface area contributed by atoms with Crippen LogP contribution in [0.2, 0.25) is 5.02 Å². The molecule has 2 rings (SSSR count). The first-order valence-electron chi connectivity index (χ1n) is 10.3. The second-order valence-electron chi connectivity index (χ2n) is 7.53. The monoisotopic (exact) mass is 516 g/mol. The van der Waals surface area contributed by atoms with Crippen LogP contribution in [0.3, 0.4) is 0 Å². The molecule has 12 nitrogen and oxygen atoms in total. The maximum atomic E-state index is 11.9. The van der Waals surface area contributed by atoms with Crippen LogP contribution >= 0.6 is 11.6 Å². The molecule has 0 radical (unpaired) electrons. The van der Waals surface area contributed by atoms with Crippen LogP contribution in [0, 0.1) is 0 Å². The quantitative estimate of drug-likeness (QED) is 0.397. The van der Waals surface area contributed by atoms with E-state index in [9.17, 15) is 24.0 Å². The van der Waals surface area contributed by atoms with Crippen molar-refractivity contribution in [3.8, 4) is 0 Å². The van der Waals surface area contributed by atoms with Crippen molar-refractivity contribution in [1.82, 2.24) is 0 Å². The largest absolute Gasteiger partial charge is 0.506 e. The zero-order valence-electron chi connectivity index (χ0n) is 19.3. The Morgan fingerprint density at radius 3 is 1.94 bits per heavy atom. The van der Waals surface area contributed by atoms with E-state index in [2.05, 4.69) is 4.74 Å². The fourth-order valence-electron chi connectivity index (χ4n) is 3.51. The Labute approximate surface area is 205 Å². The molecule has 0 unspecified atom stereocenters. The Hall–Kier alpha value is -3.38. The van der Waals surface area contributed by atoms with E-state index in [0.29, 0.717) is 5.56 Å². The molecule has 0 spiro atoms. The highest BCUT2D eigenvalue weighted by molar-refractivity contribution is 6.31. The van der Waals surface area contributed by atoms with Crippen molar-refractivity contribution in [2.24, 2.45) is 0 Å². The molecule has 1 aromatic carbocycles. The first-order chi connectivity index (χ1) is 16.4. The highest BCUT2D eigenvalue weighted by atomic mass is 35.5. The lowest BCUT2D eigenvalue weighted by Gasteiger charge is -2.44. The van der Waals surface area contributed by atoms with Gasteiger partial charge in [0.15, 0.2) is 18.3 Å². The van der Waals surface area contributed by atoms with Crippen molar-refractivity contribution < 1.29 is 57.5 Å². The molecular weight excluding hydrogens is 492 g/mol. The van der Waals surface area contributed by atoms with Crippen molar-refractivity contribution in [2.45, 2.75) is 64.8 Å². The third-order valence-electron chi connectivity index (χ3n) is 4.72. The van der Waals surface area contributed by atoms with Crippen LogP contribution in [0.25, 0.3) is 0 Å². The molecule has 1 aromatic rings. The van der Waals surface area contributed by atoms with E-state index in [0.717, 1.165) is 20.8 Å². The number of carbonyl (C=O) groups excluding carboxylic acids is 4. The molecule has 1 saturated heterocycles. The number of hydrogen-bond donors (Lipinski definition) is 1. The molecule has 0 amide bonds. The molecule has 5 atom stereocenters. The van der Waals surface area contributed by atoms with Crippen molar-refractivity contribution >= 4 is 41.6 Å². The minimum atomic E-state index is -1.47. The van der Waals surface area contributed by atoms with E-state index in [1.54, 1.807) is 0 Å². The minimum Gasteiger partial charge on any atom is -0.463 e. The minimum absolute atomic E-state index is 0.0948. The van der Waals surface area contributed by atoms with E-state index in [1.807, 2.05) is 0 Å². The van der Waals surface area contributed by atoms with Crippen LogP contribution < -0.4 is 0 Å².